The topological polar surface area (TPSA) is 64.7 Å². The van der Waals surface area contributed by atoms with Crippen molar-refractivity contribution >= 4 is 29.0 Å². The van der Waals surface area contributed by atoms with E-state index in [0.29, 0.717) is 24.3 Å². The number of hydrogen-bond acceptors (Lipinski definition) is 3. The summed E-state index contributed by atoms with van der Waals surface area (Å²) in [5, 5.41) is 5.19. The molecule has 1 fully saturated rings. The van der Waals surface area contributed by atoms with Crippen LogP contribution in [0.3, 0.4) is 0 Å². The van der Waals surface area contributed by atoms with Crippen molar-refractivity contribution in [1.82, 2.24) is 4.90 Å². The van der Waals surface area contributed by atoms with E-state index in [-0.39, 0.29) is 11.6 Å². The second-order valence-electron chi connectivity index (χ2n) is 6.96. The first-order valence-electron chi connectivity index (χ1n) is 10.0. The van der Waals surface area contributed by atoms with Gasteiger partial charge in [0.2, 0.25) is 0 Å². The number of carbonyl (C=O) groups is 2. The minimum absolute atomic E-state index is 0.0601. The summed E-state index contributed by atoms with van der Waals surface area (Å²) in [5.41, 5.74) is 2.04. The lowest BCUT2D eigenvalue weighted by Crippen LogP contribution is -2.32. The highest BCUT2D eigenvalue weighted by atomic mass is 19.1. The van der Waals surface area contributed by atoms with Crippen molar-refractivity contribution in [2.75, 3.05) is 41.7 Å². The second kappa shape index (κ2) is 9.41. The Hall–Kier alpha value is -3.09. The van der Waals surface area contributed by atoms with Crippen LogP contribution in [0.4, 0.5) is 26.2 Å². The predicted molar refractivity (Wildman–Crippen MR) is 114 cm³/mol. The molecule has 0 atom stereocenters. The standard InChI is InChI=1S/C22H27FN4O2/c1-3-26(4-2)21(28)17-15-16(11-12-20(17)27-13-7-8-14-27)24-22(29)25-19-10-6-5-9-18(19)23/h5-6,9-12,15H,3-4,7-8,13-14H2,1-2H3,(H2,24,25,29). The molecule has 1 saturated heterocycles. The number of amides is 3. The van der Waals surface area contributed by atoms with E-state index in [0.717, 1.165) is 31.6 Å². The zero-order valence-corrected chi connectivity index (χ0v) is 16.9. The third-order valence-electron chi connectivity index (χ3n) is 5.10. The van der Waals surface area contributed by atoms with Gasteiger partial charge in [-0.15, -0.1) is 0 Å². The van der Waals surface area contributed by atoms with Gasteiger partial charge in [0.05, 0.1) is 11.3 Å². The maximum atomic E-state index is 13.8. The van der Waals surface area contributed by atoms with Crippen molar-refractivity contribution in [3.63, 3.8) is 0 Å². The molecule has 0 radical (unpaired) electrons. The van der Waals surface area contributed by atoms with Crippen LogP contribution in [0.1, 0.15) is 37.0 Å². The summed E-state index contributed by atoms with van der Waals surface area (Å²) in [7, 11) is 0. The van der Waals surface area contributed by atoms with Crippen LogP contribution in [-0.4, -0.2) is 43.0 Å². The average Bonchev–Trinajstić information content (AvgIpc) is 3.25. The van der Waals surface area contributed by atoms with E-state index in [1.807, 2.05) is 19.9 Å². The van der Waals surface area contributed by atoms with Crippen molar-refractivity contribution in [2.45, 2.75) is 26.7 Å². The zero-order chi connectivity index (χ0) is 20.8. The summed E-state index contributed by atoms with van der Waals surface area (Å²) < 4.78 is 13.8. The molecule has 0 saturated carbocycles. The highest BCUT2D eigenvalue weighted by Gasteiger charge is 2.23. The SMILES string of the molecule is CCN(CC)C(=O)c1cc(NC(=O)Nc2ccccc2F)ccc1N1CCCC1. The van der Waals surface area contributed by atoms with Crippen LogP contribution in [-0.2, 0) is 0 Å². The van der Waals surface area contributed by atoms with E-state index in [1.165, 1.54) is 12.1 Å². The molecule has 0 aromatic heterocycles. The predicted octanol–water partition coefficient (Wildman–Crippen LogP) is 4.55. The van der Waals surface area contributed by atoms with Gasteiger partial charge in [0.1, 0.15) is 5.82 Å². The highest BCUT2D eigenvalue weighted by molar-refractivity contribution is 6.04. The molecule has 29 heavy (non-hydrogen) atoms. The molecular formula is C22H27FN4O2. The van der Waals surface area contributed by atoms with E-state index in [1.54, 1.807) is 29.2 Å². The number of para-hydroxylation sites is 1. The van der Waals surface area contributed by atoms with Gasteiger partial charge in [0.15, 0.2) is 0 Å². The number of hydrogen-bond donors (Lipinski definition) is 2. The molecule has 0 spiro atoms. The van der Waals surface area contributed by atoms with E-state index < -0.39 is 11.8 Å². The lowest BCUT2D eigenvalue weighted by atomic mass is 10.1. The molecule has 2 N–H and O–H groups in total. The van der Waals surface area contributed by atoms with Crippen molar-refractivity contribution in [1.29, 1.82) is 0 Å². The summed E-state index contributed by atoms with van der Waals surface area (Å²) >= 11 is 0. The number of nitrogens with zero attached hydrogens (tertiary/aromatic N) is 2. The van der Waals surface area contributed by atoms with Gasteiger partial charge in [0, 0.05) is 37.6 Å². The van der Waals surface area contributed by atoms with Crippen LogP contribution in [0, 0.1) is 5.82 Å². The number of benzene rings is 2. The summed E-state index contributed by atoms with van der Waals surface area (Å²) in [5.74, 6) is -0.570. The molecule has 3 rings (SSSR count). The maximum Gasteiger partial charge on any atom is 0.323 e. The van der Waals surface area contributed by atoms with Gasteiger partial charge in [-0.1, -0.05) is 12.1 Å². The fraction of sp³-hybridized carbons (Fsp3) is 0.364. The first-order valence-corrected chi connectivity index (χ1v) is 10.0. The molecule has 3 amide bonds. The molecule has 1 heterocycles. The van der Waals surface area contributed by atoms with Crippen molar-refractivity contribution in [3.05, 3.63) is 53.8 Å². The van der Waals surface area contributed by atoms with Gasteiger partial charge in [0.25, 0.3) is 5.91 Å². The lowest BCUT2D eigenvalue weighted by Gasteiger charge is -2.25. The van der Waals surface area contributed by atoms with Gasteiger partial charge in [-0.2, -0.15) is 0 Å². The van der Waals surface area contributed by atoms with Crippen LogP contribution in [0.15, 0.2) is 42.5 Å². The number of rotatable bonds is 6. The van der Waals surface area contributed by atoms with Crippen LogP contribution in [0.25, 0.3) is 0 Å². The van der Waals surface area contributed by atoms with Crippen molar-refractivity contribution in [2.24, 2.45) is 0 Å². The van der Waals surface area contributed by atoms with Gasteiger partial charge in [-0.05, 0) is 57.0 Å². The van der Waals surface area contributed by atoms with Gasteiger partial charge in [-0.25, -0.2) is 9.18 Å². The molecule has 0 aliphatic carbocycles. The molecular weight excluding hydrogens is 371 g/mol. The average molecular weight is 398 g/mol. The summed E-state index contributed by atoms with van der Waals surface area (Å²) in [6.07, 6.45) is 2.20. The van der Waals surface area contributed by atoms with Crippen molar-refractivity contribution < 1.29 is 14.0 Å². The Morgan fingerprint density at radius 3 is 2.38 bits per heavy atom. The first-order chi connectivity index (χ1) is 14.0. The molecule has 2 aromatic carbocycles. The van der Waals surface area contributed by atoms with Crippen LogP contribution >= 0.6 is 0 Å². The highest BCUT2D eigenvalue weighted by Crippen LogP contribution is 2.29. The molecule has 0 unspecified atom stereocenters. The number of urea groups is 1. The Bertz CT molecular complexity index is 877. The molecule has 0 bridgehead atoms. The normalized spacial score (nSPS) is 13.3. The Labute approximate surface area is 170 Å². The number of carbonyl (C=O) groups excluding carboxylic acids is 2. The van der Waals surface area contributed by atoms with Crippen LogP contribution < -0.4 is 15.5 Å². The number of halogens is 1. The third-order valence-corrected chi connectivity index (χ3v) is 5.10. The smallest absolute Gasteiger partial charge is 0.323 e. The number of anilines is 3. The molecule has 2 aromatic rings. The lowest BCUT2D eigenvalue weighted by molar-refractivity contribution is 0.0773. The van der Waals surface area contributed by atoms with E-state index in [9.17, 15) is 14.0 Å². The van der Waals surface area contributed by atoms with Crippen molar-refractivity contribution in [3.8, 4) is 0 Å². The van der Waals surface area contributed by atoms with E-state index >= 15 is 0 Å². The van der Waals surface area contributed by atoms with E-state index in [4.69, 9.17) is 0 Å². The zero-order valence-electron chi connectivity index (χ0n) is 16.9. The monoisotopic (exact) mass is 398 g/mol. The molecule has 1 aliphatic heterocycles. The van der Waals surface area contributed by atoms with Crippen LogP contribution in [0.5, 0.6) is 0 Å². The van der Waals surface area contributed by atoms with Gasteiger partial charge < -0.3 is 20.4 Å². The summed E-state index contributed by atoms with van der Waals surface area (Å²) in [6.45, 7) is 6.94. The largest absolute Gasteiger partial charge is 0.371 e. The quantitative estimate of drug-likeness (QED) is 0.750. The fourth-order valence-electron chi connectivity index (χ4n) is 3.55. The summed E-state index contributed by atoms with van der Waals surface area (Å²) in [4.78, 5) is 29.4. The first kappa shape index (κ1) is 20.6. The second-order valence-corrected chi connectivity index (χ2v) is 6.96. The van der Waals surface area contributed by atoms with Crippen LogP contribution in [0.2, 0.25) is 0 Å². The molecule has 6 nitrogen and oxygen atoms in total. The summed E-state index contributed by atoms with van der Waals surface area (Å²) in [6, 6.07) is 10.8. The number of nitrogens with one attached hydrogen (secondary N) is 2. The minimum atomic E-state index is -0.565. The Morgan fingerprint density at radius 1 is 1.03 bits per heavy atom. The minimum Gasteiger partial charge on any atom is -0.371 e. The van der Waals surface area contributed by atoms with Gasteiger partial charge >= 0.3 is 6.03 Å². The fourth-order valence-corrected chi connectivity index (χ4v) is 3.55. The Kier molecular flexibility index (Phi) is 6.69. The molecule has 1 aliphatic rings. The van der Waals surface area contributed by atoms with Gasteiger partial charge in [-0.3, -0.25) is 4.79 Å². The maximum absolute atomic E-state index is 13.8. The molecule has 7 heteroatoms. The van der Waals surface area contributed by atoms with E-state index in [2.05, 4.69) is 15.5 Å². The Morgan fingerprint density at radius 2 is 1.72 bits per heavy atom. The Balaban J connectivity index is 1.84. The third kappa shape index (κ3) is 4.85. The molecule has 154 valence electrons.